The number of aromatic hydroxyl groups is 1. The maximum absolute atomic E-state index is 13.9. The summed E-state index contributed by atoms with van der Waals surface area (Å²) < 4.78 is 27.8. The number of benzene rings is 3. The van der Waals surface area contributed by atoms with Gasteiger partial charge in [0.15, 0.2) is 11.6 Å². The molecule has 10 heteroatoms. The number of phenolic OH excluding ortho intramolecular Hbond substituents is 1. The molecule has 152 valence electrons. The van der Waals surface area contributed by atoms with E-state index >= 15 is 0 Å². The number of hydrogen-bond donors (Lipinski definition) is 3. The van der Waals surface area contributed by atoms with Crippen LogP contribution in [-0.4, -0.2) is 21.2 Å². The summed E-state index contributed by atoms with van der Waals surface area (Å²) >= 11 is 0. The van der Waals surface area contributed by atoms with Crippen LogP contribution in [0.1, 0.15) is 15.9 Å². The Morgan fingerprint density at radius 2 is 1.87 bits per heavy atom. The number of para-hydroxylation sites is 1. The Morgan fingerprint density at radius 3 is 2.61 bits per heavy atom. The van der Waals surface area contributed by atoms with E-state index in [-0.39, 0.29) is 22.6 Å². The number of nitriles is 1. The summed E-state index contributed by atoms with van der Waals surface area (Å²) in [5.41, 5.74) is -0.827. The number of carbonyl (C=O) groups is 1. The fourth-order valence-corrected chi connectivity index (χ4v) is 2.93. The van der Waals surface area contributed by atoms with Gasteiger partial charge in [0, 0.05) is 5.39 Å². The molecule has 8 nitrogen and oxygen atoms in total. The number of phenols is 1. The topological polar surface area (TPSA) is 127 Å². The van der Waals surface area contributed by atoms with Crippen molar-refractivity contribution in [2.45, 2.75) is 0 Å². The monoisotopic (exact) mass is 418 g/mol. The first-order valence-corrected chi connectivity index (χ1v) is 8.85. The van der Waals surface area contributed by atoms with E-state index in [1.807, 2.05) is 6.07 Å². The minimum absolute atomic E-state index is 0.0595. The normalized spacial score (nSPS) is 11.0. The van der Waals surface area contributed by atoms with Gasteiger partial charge in [-0.3, -0.25) is 9.89 Å². The zero-order chi connectivity index (χ0) is 22.0. The largest absolute Gasteiger partial charge is 0.505 e. The summed E-state index contributed by atoms with van der Waals surface area (Å²) in [6, 6.07) is 13.1. The highest BCUT2D eigenvalue weighted by Gasteiger charge is 2.21. The van der Waals surface area contributed by atoms with Crippen molar-refractivity contribution in [3.63, 3.8) is 0 Å². The molecule has 4 aromatic rings. The van der Waals surface area contributed by atoms with Crippen molar-refractivity contribution in [1.82, 2.24) is 10.2 Å². The highest BCUT2D eigenvalue weighted by Crippen LogP contribution is 2.39. The molecule has 3 aromatic carbocycles. The third-order valence-electron chi connectivity index (χ3n) is 4.43. The summed E-state index contributed by atoms with van der Waals surface area (Å²) in [5.74, 6) is -3.35. The fraction of sp³-hybridized carbons (Fsp3) is 0. The van der Waals surface area contributed by atoms with E-state index in [4.69, 9.17) is 5.26 Å². The van der Waals surface area contributed by atoms with Crippen LogP contribution in [-0.2, 0) is 0 Å². The van der Waals surface area contributed by atoms with Gasteiger partial charge < -0.3 is 10.4 Å². The van der Waals surface area contributed by atoms with Crippen molar-refractivity contribution in [2.24, 2.45) is 10.2 Å². The van der Waals surface area contributed by atoms with Crippen LogP contribution in [0.5, 0.6) is 5.75 Å². The van der Waals surface area contributed by atoms with E-state index in [1.165, 1.54) is 12.3 Å². The predicted molar refractivity (Wildman–Crippen MR) is 107 cm³/mol. The number of hydrogen-bond acceptors (Lipinski definition) is 6. The Morgan fingerprint density at radius 1 is 1.13 bits per heavy atom. The maximum atomic E-state index is 13.9. The third kappa shape index (κ3) is 3.67. The molecule has 1 heterocycles. The zero-order valence-corrected chi connectivity index (χ0v) is 15.6. The van der Waals surface area contributed by atoms with Gasteiger partial charge >= 0.3 is 0 Å². The Hall–Kier alpha value is -4.65. The molecule has 0 spiro atoms. The molecule has 4 rings (SSSR count). The standard InChI is InChI=1S/C21H12F2N6O2/c22-15-6-3-7-16(23)18(15)26-21(31)14-8-11-4-1-2-5-13(11)17(19(14)30)27-29-20-12(9-24)10-25-28-20/h1-8,10,30H,(H,25,28)(H,26,31). The van der Waals surface area contributed by atoms with Crippen molar-refractivity contribution in [3.05, 3.63) is 77.5 Å². The summed E-state index contributed by atoms with van der Waals surface area (Å²) in [4.78, 5) is 12.7. The summed E-state index contributed by atoms with van der Waals surface area (Å²) in [6.45, 7) is 0. The van der Waals surface area contributed by atoms with Crippen LogP contribution in [0.4, 0.5) is 26.0 Å². The second-order valence-corrected chi connectivity index (χ2v) is 6.34. The molecule has 0 fully saturated rings. The maximum Gasteiger partial charge on any atom is 0.259 e. The van der Waals surface area contributed by atoms with Crippen molar-refractivity contribution in [2.75, 3.05) is 5.32 Å². The number of aromatic nitrogens is 2. The second kappa shape index (κ2) is 8.00. The number of nitrogens with one attached hydrogen (secondary N) is 2. The lowest BCUT2D eigenvalue weighted by Crippen LogP contribution is -2.14. The number of azo groups is 1. The van der Waals surface area contributed by atoms with Gasteiger partial charge in [-0.25, -0.2) is 8.78 Å². The first-order valence-electron chi connectivity index (χ1n) is 8.85. The van der Waals surface area contributed by atoms with E-state index in [0.29, 0.717) is 10.8 Å². The van der Waals surface area contributed by atoms with Gasteiger partial charge in [-0.2, -0.15) is 10.4 Å². The number of H-pyrrole nitrogens is 1. The van der Waals surface area contributed by atoms with Gasteiger partial charge in [0.1, 0.15) is 34.6 Å². The molecule has 0 aliphatic rings. The number of aromatic amines is 1. The van der Waals surface area contributed by atoms with E-state index in [0.717, 1.165) is 18.2 Å². The number of rotatable bonds is 4. The molecule has 31 heavy (non-hydrogen) atoms. The number of amides is 1. The molecule has 0 saturated carbocycles. The fourth-order valence-electron chi connectivity index (χ4n) is 2.93. The van der Waals surface area contributed by atoms with Crippen molar-refractivity contribution < 1.29 is 18.7 Å². The minimum atomic E-state index is -0.961. The molecule has 1 amide bonds. The number of anilines is 1. The van der Waals surface area contributed by atoms with Crippen LogP contribution < -0.4 is 5.32 Å². The van der Waals surface area contributed by atoms with Crippen molar-refractivity contribution in [1.29, 1.82) is 5.26 Å². The number of nitrogens with zero attached hydrogens (tertiary/aromatic N) is 4. The highest BCUT2D eigenvalue weighted by molar-refractivity contribution is 6.11. The Labute approximate surface area is 173 Å². The van der Waals surface area contributed by atoms with Crippen LogP contribution in [0, 0.1) is 23.0 Å². The molecular weight excluding hydrogens is 406 g/mol. The third-order valence-corrected chi connectivity index (χ3v) is 4.43. The molecule has 0 atom stereocenters. The number of fused-ring (bicyclic) bond motifs is 1. The van der Waals surface area contributed by atoms with E-state index < -0.39 is 29.0 Å². The van der Waals surface area contributed by atoms with E-state index in [2.05, 4.69) is 25.7 Å². The van der Waals surface area contributed by atoms with Gasteiger partial charge in [-0.15, -0.1) is 10.2 Å². The summed E-state index contributed by atoms with van der Waals surface area (Å²) in [5, 5.41) is 37.0. The van der Waals surface area contributed by atoms with Gasteiger partial charge in [-0.1, -0.05) is 30.3 Å². The molecule has 1 aromatic heterocycles. The number of halogens is 2. The average Bonchev–Trinajstić information content (AvgIpc) is 3.23. The van der Waals surface area contributed by atoms with Crippen LogP contribution in [0.25, 0.3) is 10.8 Å². The quantitative estimate of drug-likeness (QED) is 0.399. The Kier molecular flexibility index (Phi) is 5.07. The van der Waals surface area contributed by atoms with Gasteiger partial charge in [0.05, 0.1) is 11.8 Å². The summed E-state index contributed by atoms with van der Waals surface area (Å²) in [7, 11) is 0. The summed E-state index contributed by atoms with van der Waals surface area (Å²) in [6.07, 6.45) is 1.26. The molecule has 0 aliphatic carbocycles. The lowest BCUT2D eigenvalue weighted by Gasteiger charge is -2.12. The molecule has 3 N–H and O–H groups in total. The molecule has 0 unspecified atom stereocenters. The first kappa shape index (κ1) is 19.7. The Balaban J connectivity index is 1.81. The predicted octanol–water partition coefficient (Wildman–Crippen LogP) is 5.09. The van der Waals surface area contributed by atoms with Crippen LogP contribution in [0.3, 0.4) is 0 Å². The van der Waals surface area contributed by atoms with Crippen molar-refractivity contribution >= 4 is 33.9 Å². The first-order chi connectivity index (χ1) is 15.0. The molecule has 0 bridgehead atoms. The Bertz CT molecular complexity index is 1370. The molecule has 0 saturated heterocycles. The molecule has 0 aliphatic heterocycles. The van der Waals surface area contributed by atoms with Gasteiger partial charge in [-0.05, 0) is 23.6 Å². The lowest BCUT2D eigenvalue weighted by molar-refractivity contribution is 0.102. The number of carbonyl (C=O) groups excluding carboxylic acids is 1. The lowest BCUT2D eigenvalue weighted by atomic mass is 10.0. The van der Waals surface area contributed by atoms with Crippen LogP contribution in [0.15, 0.2) is 65.0 Å². The van der Waals surface area contributed by atoms with E-state index in [9.17, 15) is 18.7 Å². The molecule has 0 radical (unpaired) electrons. The van der Waals surface area contributed by atoms with Crippen LogP contribution in [0.2, 0.25) is 0 Å². The minimum Gasteiger partial charge on any atom is -0.505 e. The van der Waals surface area contributed by atoms with Gasteiger partial charge in [0.2, 0.25) is 0 Å². The molecular formula is C21H12F2N6O2. The van der Waals surface area contributed by atoms with Crippen molar-refractivity contribution in [3.8, 4) is 11.8 Å². The highest BCUT2D eigenvalue weighted by atomic mass is 19.1. The average molecular weight is 418 g/mol. The van der Waals surface area contributed by atoms with Gasteiger partial charge in [0.25, 0.3) is 5.91 Å². The SMILES string of the molecule is N#Cc1cn[nH]c1N=Nc1c(O)c(C(=O)Nc2c(F)cccc2F)cc2ccccc12. The zero-order valence-electron chi connectivity index (χ0n) is 15.6. The van der Waals surface area contributed by atoms with Crippen LogP contribution >= 0.6 is 0 Å². The second-order valence-electron chi connectivity index (χ2n) is 6.34. The smallest absolute Gasteiger partial charge is 0.259 e. The van der Waals surface area contributed by atoms with E-state index in [1.54, 1.807) is 24.3 Å².